The highest BCUT2D eigenvalue weighted by atomic mass is 79.9. The molecule has 13 nitrogen and oxygen atoms in total. The second kappa shape index (κ2) is 24.3. The molecule has 17 heteroatoms. The van der Waals surface area contributed by atoms with Crippen LogP contribution in [0.15, 0.2) is 118 Å². The highest BCUT2D eigenvalue weighted by Crippen LogP contribution is 2.34. The molecule has 4 fully saturated rings. The number of rotatable bonds is 12. The molecule has 0 aliphatic carbocycles. The van der Waals surface area contributed by atoms with Crippen LogP contribution in [0.25, 0.3) is 0 Å². The summed E-state index contributed by atoms with van der Waals surface area (Å²) in [6.07, 6.45) is 1.61. The fourth-order valence-corrected chi connectivity index (χ4v) is 10.8. The first kappa shape index (κ1) is 49.9. The van der Waals surface area contributed by atoms with Crippen molar-refractivity contribution in [2.24, 2.45) is 0 Å². The van der Waals surface area contributed by atoms with Crippen LogP contribution in [0.2, 0.25) is 0 Å². The Morgan fingerprint density at radius 1 is 0.552 bits per heavy atom. The SMILES string of the molecule is O.O=C(OC1SCC(=O)N1CC#CCN1CCC(Oc2ccc(Br)cc2)C(c2ccccc2)C1)C(=O)OC1SCC(=O)N1CC#CCN1CCC(Oc2ccc(Br)cc2)C(c2ccccc2)C1. The number of amides is 2. The van der Waals surface area contributed by atoms with Crippen molar-refractivity contribution in [1.29, 1.82) is 0 Å². The van der Waals surface area contributed by atoms with Crippen molar-refractivity contribution in [3.63, 3.8) is 0 Å². The van der Waals surface area contributed by atoms with Gasteiger partial charge in [0, 0.05) is 47.0 Å². The zero-order chi connectivity index (χ0) is 45.8. The number of piperidine rings is 2. The van der Waals surface area contributed by atoms with E-state index in [0.717, 1.165) is 83.0 Å². The van der Waals surface area contributed by atoms with E-state index in [4.69, 9.17) is 18.9 Å². The fraction of sp³-hybridized carbons (Fsp3) is 0.360. The van der Waals surface area contributed by atoms with Crippen LogP contribution in [0.3, 0.4) is 0 Å². The minimum atomic E-state index is -1.26. The van der Waals surface area contributed by atoms with Gasteiger partial charge in [-0.1, -0.05) is 140 Å². The lowest BCUT2D eigenvalue weighted by molar-refractivity contribution is -0.176. The van der Waals surface area contributed by atoms with Crippen molar-refractivity contribution in [3.8, 4) is 35.2 Å². The van der Waals surface area contributed by atoms with Crippen LogP contribution in [-0.2, 0) is 28.7 Å². The van der Waals surface area contributed by atoms with E-state index in [1.54, 1.807) is 0 Å². The number of halogens is 2. The summed E-state index contributed by atoms with van der Waals surface area (Å²) >= 11 is 9.16. The number of ether oxygens (including phenoxy) is 4. The van der Waals surface area contributed by atoms with E-state index in [2.05, 4.69) is 89.6 Å². The topological polar surface area (TPSA) is 150 Å². The molecule has 6 atom stereocenters. The Kier molecular flexibility index (Phi) is 18.1. The van der Waals surface area contributed by atoms with Gasteiger partial charge in [-0.25, -0.2) is 9.59 Å². The Bertz CT molecular complexity index is 2280. The quantitative estimate of drug-likeness (QED) is 0.0882. The lowest BCUT2D eigenvalue weighted by Crippen LogP contribution is -2.44. The third-order valence-electron chi connectivity index (χ3n) is 11.7. The van der Waals surface area contributed by atoms with Crippen LogP contribution in [0.5, 0.6) is 11.5 Å². The smallest absolute Gasteiger partial charge is 0.420 e. The molecule has 8 rings (SSSR count). The summed E-state index contributed by atoms with van der Waals surface area (Å²) in [5.74, 6) is 11.5. The maximum absolute atomic E-state index is 13.0. The van der Waals surface area contributed by atoms with E-state index in [1.807, 2.05) is 84.9 Å². The third kappa shape index (κ3) is 13.6. The predicted molar refractivity (Wildman–Crippen MR) is 265 cm³/mol. The lowest BCUT2D eigenvalue weighted by atomic mass is 9.87. The molecule has 4 aliphatic heterocycles. The molecule has 0 saturated carbocycles. The van der Waals surface area contributed by atoms with Gasteiger partial charge in [-0.15, -0.1) is 0 Å². The van der Waals surface area contributed by atoms with Gasteiger partial charge < -0.3 is 24.4 Å². The van der Waals surface area contributed by atoms with Crippen molar-refractivity contribution >= 4 is 79.1 Å². The zero-order valence-corrected chi connectivity index (χ0v) is 41.3. The van der Waals surface area contributed by atoms with E-state index in [1.165, 1.54) is 20.9 Å². The largest absolute Gasteiger partial charge is 0.490 e. The van der Waals surface area contributed by atoms with Crippen molar-refractivity contribution in [2.75, 3.05) is 63.9 Å². The summed E-state index contributed by atoms with van der Waals surface area (Å²) in [6.45, 7) is 4.07. The van der Waals surface area contributed by atoms with E-state index in [-0.39, 0.29) is 65.9 Å². The minimum absolute atomic E-state index is 0. The second-order valence-corrected chi connectivity index (χ2v) is 20.0. The van der Waals surface area contributed by atoms with E-state index < -0.39 is 23.1 Å². The number of nitrogens with zero attached hydrogens (tertiary/aromatic N) is 4. The second-order valence-electron chi connectivity index (χ2n) is 16.1. The Balaban J connectivity index is 0.00000666. The van der Waals surface area contributed by atoms with Crippen molar-refractivity contribution in [3.05, 3.63) is 129 Å². The van der Waals surface area contributed by atoms with Crippen LogP contribution < -0.4 is 9.47 Å². The fourth-order valence-electron chi connectivity index (χ4n) is 8.27. The molecule has 4 heterocycles. The number of hydrogen-bond donors (Lipinski definition) is 0. The molecule has 350 valence electrons. The summed E-state index contributed by atoms with van der Waals surface area (Å²) in [5.41, 5.74) is 0.304. The molecule has 0 radical (unpaired) electrons. The maximum Gasteiger partial charge on any atom is 0.420 e. The van der Waals surface area contributed by atoms with Crippen molar-refractivity contribution < 1.29 is 43.6 Å². The molecular formula is C50H50Br2N4O9S2. The highest BCUT2D eigenvalue weighted by molar-refractivity contribution is 9.10. The van der Waals surface area contributed by atoms with Crippen LogP contribution >= 0.6 is 55.4 Å². The third-order valence-corrected chi connectivity index (χ3v) is 14.9. The van der Waals surface area contributed by atoms with E-state index >= 15 is 0 Å². The average Bonchev–Trinajstić information content (AvgIpc) is 3.87. The van der Waals surface area contributed by atoms with Crippen LogP contribution in [0.4, 0.5) is 0 Å². The van der Waals surface area contributed by atoms with E-state index in [0.29, 0.717) is 13.1 Å². The molecule has 0 aromatic heterocycles. The van der Waals surface area contributed by atoms with Gasteiger partial charge in [-0.3, -0.25) is 29.2 Å². The number of carbonyl (C=O) groups is 4. The summed E-state index contributed by atoms with van der Waals surface area (Å²) in [7, 11) is 0. The van der Waals surface area contributed by atoms with Gasteiger partial charge in [-0.2, -0.15) is 0 Å². The van der Waals surface area contributed by atoms with Gasteiger partial charge in [0.2, 0.25) is 22.9 Å². The highest BCUT2D eigenvalue weighted by Gasteiger charge is 2.40. The first-order valence-corrected chi connectivity index (χ1v) is 25.4. The monoisotopic (exact) mass is 1070 g/mol. The number of likely N-dealkylation sites (tertiary alicyclic amines) is 2. The Labute approximate surface area is 416 Å². The number of hydrogen-bond acceptors (Lipinski definition) is 12. The Hall–Kier alpha value is -4.98. The molecule has 67 heavy (non-hydrogen) atoms. The maximum atomic E-state index is 13.0. The summed E-state index contributed by atoms with van der Waals surface area (Å²) in [4.78, 5) is 58.9. The van der Waals surface area contributed by atoms with Crippen LogP contribution in [-0.4, -0.2) is 136 Å². The molecule has 4 aromatic rings. The molecule has 0 spiro atoms. The predicted octanol–water partition coefficient (Wildman–Crippen LogP) is 6.37. The molecule has 2 amide bonds. The Morgan fingerprint density at radius 2 is 0.925 bits per heavy atom. The molecule has 2 N–H and O–H groups in total. The molecule has 0 bridgehead atoms. The Morgan fingerprint density at radius 3 is 1.31 bits per heavy atom. The van der Waals surface area contributed by atoms with Crippen LogP contribution in [0.1, 0.15) is 35.8 Å². The molecule has 6 unspecified atom stereocenters. The minimum Gasteiger partial charge on any atom is -0.490 e. The van der Waals surface area contributed by atoms with Gasteiger partial charge >= 0.3 is 11.9 Å². The zero-order valence-electron chi connectivity index (χ0n) is 36.5. The summed E-state index contributed by atoms with van der Waals surface area (Å²) in [6, 6.07) is 36.4. The van der Waals surface area contributed by atoms with Gasteiger partial charge in [0.15, 0.2) is 0 Å². The van der Waals surface area contributed by atoms with Crippen LogP contribution in [0, 0.1) is 23.7 Å². The normalized spacial score (nSPS) is 23.0. The molecule has 4 aliphatic rings. The van der Waals surface area contributed by atoms with Gasteiger partial charge in [-0.05, 0) is 72.5 Å². The summed E-state index contributed by atoms with van der Waals surface area (Å²) in [5, 5.41) is 0. The number of thioether (sulfide) groups is 2. The van der Waals surface area contributed by atoms with Crippen molar-refractivity contribution in [2.45, 2.75) is 48.0 Å². The standard InChI is InChI=1S/C50H48Br2N4O8S2.H2O/c51-37-15-19-39(20-16-37)61-43-23-29-53(31-41(43)35-11-3-1-4-12-35)25-7-9-27-55-45(57)33-65-49(55)63-47(59)48(60)64-50-56(46(58)34-66-50)28-10-8-26-54-30-24-44(62-40-21-17-38(52)18-22-40)42(32-54)36-13-5-2-6-14-36;/h1-6,11-22,41-44,49-50H,23-34H2;1H2. The van der Waals surface area contributed by atoms with Gasteiger partial charge in [0.1, 0.15) is 23.7 Å². The first-order chi connectivity index (χ1) is 32.2. The number of esters is 2. The molecule has 4 aromatic carbocycles. The first-order valence-electron chi connectivity index (χ1n) is 21.7. The molecular weight excluding hydrogens is 1020 g/mol. The molecule has 4 saturated heterocycles. The number of benzene rings is 4. The van der Waals surface area contributed by atoms with E-state index in [9.17, 15) is 19.2 Å². The summed E-state index contributed by atoms with van der Waals surface area (Å²) < 4.78 is 25.9. The van der Waals surface area contributed by atoms with Gasteiger partial charge in [0.25, 0.3) is 0 Å². The van der Waals surface area contributed by atoms with Gasteiger partial charge in [0.05, 0.1) is 37.7 Å². The average molecular weight is 1070 g/mol. The lowest BCUT2D eigenvalue weighted by Gasteiger charge is -2.38. The van der Waals surface area contributed by atoms with Crippen molar-refractivity contribution in [1.82, 2.24) is 19.6 Å². The number of carbonyl (C=O) groups excluding carboxylic acids is 4.